The van der Waals surface area contributed by atoms with Crippen LogP contribution in [0, 0.1) is 6.92 Å². The molecule has 0 unspecified atom stereocenters. The standard InChI is InChI=1S/C22H27ClN4O3/c1-16-8-9-19(18(23)14-16)26-20(28)10-12-24-22(30)25-13-11-21(29)27(2)15-17-6-4-3-5-7-17/h3-9,14H,10-13,15H2,1-2H3,(H,26,28)(H2,24,25,30). The Morgan fingerprint density at radius 1 is 0.967 bits per heavy atom. The molecule has 4 amide bonds. The van der Waals surface area contributed by atoms with Gasteiger partial charge in [0.1, 0.15) is 0 Å². The number of amides is 4. The van der Waals surface area contributed by atoms with Crippen LogP contribution in [0.5, 0.6) is 0 Å². The van der Waals surface area contributed by atoms with Gasteiger partial charge >= 0.3 is 6.03 Å². The molecule has 0 aliphatic heterocycles. The van der Waals surface area contributed by atoms with Crippen molar-refractivity contribution in [3.63, 3.8) is 0 Å². The van der Waals surface area contributed by atoms with Gasteiger partial charge in [0.05, 0.1) is 10.7 Å². The van der Waals surface area contributed by atoms with Gasteiger partial charge in [0.25, 0.3) is 0 Å². The molecule has 30 heavy (non-hydrogen) atoms. The molecule has 0 saturated heterocycles. The SMILES string of the molecule is Cc1ccc(NC(=O)CCNC(=O)NCCC(=O)N(C)Cc2ccccc2)c(Cl)c1. The number of aryl methyl sites for hydroxylation is 1. The first-order valence-electron chi connectivity index (χ1n) is 9.70. The number of halogens is 1. The molecule has 2 aromatic carbocycles. The molecule has 0 bridgehead atoms. The van der Waals surface area contributed by atoms with Crippen LogP contribution in [-0.2, 0) is 16.1 Å². The lowest BCUT2D eigenvalue weighted by atomic mass is 10.2. The molecule has 0 spiro atoms. The van der Waals surface area contributed by atoms with E-state index in [0.29, 0.717) is 17.3 Å². The summed E-state index contributed by atoms with van der Waals surface area (Å²) in [6.07, 6.45) is 0.305. The average molecular weight is 431 g/mol. The Morgan fingerprint density at radius 2 is 1.63 bits per heavy atom. The Kier molecular flexibility index (Phi) is 9.15. The summed E-state index contributed by atoms with van der Waals surface area (Å²) in [5.74, 6) is -0.313. The van der Waals surface area contributed by atoms with Gasteiger partial charge in [-0.2, -0.15) is 0 Å². The summed E-state index contributed by atoms with van der Waals surface area (Å²) in [6, 6.07) is 14.6. The van der Waals surface area contributed by atoms with Crippen molar-refractivity contribution >= 4 is 35.1 Å². The van der Waals surface area contributed by atoms with Crippen molar-refractivity contribution in [3.8, 4) is 0 Å². The zero-order valence-corrected chi connectivity index (χ0v) is 18.0. The van der Waals surface area contributed by atoms with E-state index in [1.54, 1.807) is 24.1 Å². The number of urea groups is 1. The number of nitrogens with one attached hydrogen (secondary N) is 3. The van der Waals surface area contributed by atoms with E-state index in [9.17, 15) is 14.4 Å². The van der Waals surface area contributed by atoms with Gasteiger partial charge in [0.15, 0.2) is 0 Å². The molecule has 0 atom stereocenters. The Labute approximate surface area is 181 Å². The van der Waals surface area contributed by atoms with E-state index in [-0.39, 0.29) is 37.7 Å². The lowest BCUT2D eigenvalue weighted by Gasteiger charge is -2.17. The summed E-state index contributed by atoms with van der Waals surface area (Å²) in [6.45, 7) is 2.82. The Bertz CT molecular complexity index is 874. The van der Waals surface area contributed by atoms with Crippen LogP contribution in [0.25, 0.3) is 0 Å². The van der Waals surface area contributed by atoms with Gasteiger partial charge in [0.2, 0.25) is 11.8 Å². The number of carbonyl (C=O) groups excluding carboxylic acids is 3. The maximum absolute atomic E-state index is 12.1. The molecule has 2 aromatic rings. The second-order valence-corrected chi connectivity index (χ2v) is 7.36. The first-order chi connectivity index (χ1) is 14.3. The van der Waals surface area contributed by atoms with E-state index < -0.39 is 6.03 Å². The average Bonchev–Trinajstić information content (AvgIpc) is 2.70. The fraction of sp³-hybridized carbons (Fsp3) is 0.318. The first kappa shape index (κ1) is 23.2. The predicted octanol–water partition coefficient (Wildman–Crippen LogP) is 3.32. The van der Waals surface area contributed by atoms with Crippen molar-refractivity contribution in [1.29, 1.82) is 0 Å². The molecule has 0 radical (unpaired) electrons. The van der Waals surface area contributed by atoms with Crippen molar-refractivity contribution in [2.45, 2.75) is 26.3 Å². The summed E-state index contributed by atoms with van der Waals surface area (Å²) in [5.41, 5.74) is 2.58. The molecular weight excluding hydrogens is 404 g/mol. The van der Waals surface area contributed by atoms with Crippen LogP contribution in [0.1, 0.15) is 24.0 Å². The highest BCUT2D eigenvalue weighted by atomic mass is 35.5. The van der Waals surface area contributed by atoms with E-state index in [0.717, 1.165) is 11.1 Å². The van der Waals surface area contributed by atoms with Crippen molar-refractivity contribution in [1.82, 2.24) is 15.5 Å². The minimum Gasteiger partial charge on any atom is -0.341 e. The number of nitrogens with zero attached hydrogens (tertiary/aromatic N) is 1. The summed E-state index contributed by atoms with van der Waals surface area (Å²) in [7, 11) is 1.73. The molecular formula is C22H27ClN4O3. The van der Waals surface area contributed by atoms with E-state index >= 15 is 0 Å². The van der Waals surface area contributed by atoms with Crippen LogP contribution in [0.4, 0.5) is 10.5 Å². The number of hydrogen-bond donors (Lipinski definition) is 3. The predicted molar refractivity (Wildman–Crippen MR) is 118 cm³/mol. The fourth-order valence-electron chi connectivity index (χ4n) is 2.71. The number of rotatable bonds is 9. The number of hydrogen-bond acceptors (Lipinski definition) is 3. The molecule has 0 saturated carbocycles. The van der Waals surface area contributed by atoms with Crippen LogP contribution in [0.3, 0.4) is 0 Å². The molecule has 0 aliphatic carbocycles. The highest BCUT2D eigenvalue weighted by molar-refractivity contribution is 6.33. The molecule has 0 aromatic heterocycles. The molecule has 2 rings (SSSR count). The third-order valence-electron chi connectivity index (χ3n) is 4.35. The highest BCUT2D eigenvalue weighted by Crippen LogP contribution is 2.22. The summed E-state index contributed by atoms with van der Waals surface area (Å²) in [4.78, 5) is 37.6. The van der Waals surface area contributed by atoms with E-state index in [1.165, 1.54) is 0 Å². The first-order valence-corrected chi connectivity index (χ1v) is 10.1. The lowest BCUT2D eigenvalue weighted by molar-refractivity contribution is -0.130. The van der Waals surface area contributed by atoms with Gasteiger partial charge in [0, 0.05) is 39.5 Å². The number of benzene rings is 2. The number of carbonyl (C=O) groups is 3. The second kappa shape index (κ2) is 11.8. The maximum atomic E-state index is 12.1. The highest BCUT2D eigenvalue weighted by Gasteiger charge is 2.10. The van der Waals surface area contributed by atoms with Crippen molar-refractivity contribution in [2.24, 2.45) is 0 Å². The van der Waals surface area contributed by atoms with Crippen LogP contribution in [-0.4, -0.2) is 42.9 Å². The third-order valence-corrected chi connectivity index (χ3v) is 4.66. The van der Waals surface area contributed by atoms with Gasteiger partial charge < -0.3 is 20.9 Å². The largest absolute Gasteiger partial charge is 0.341 e. The minimum atomic E-state index is -0.422. The second-order valence-electron chi connectivity index (χ2n) is 6.95. The fourth-order valence-corrected chi connectivity index (χ4v) is 2.99. The molecule has 3 N–H and O–H groups in total. The van der Waals surface area contributed by atoms with Gasteiger partial charge in [-0.3, -0.25) is 9.59 Å². The van der Waals surface area contributed by atoms with Crippen LogP contribution in [0.2, 0.25) is 5.02 Å². The smallest absolute Gasteiger partial charge is 0.314 e. The molecule has 0 fully saturated rings. The molecule has 8 heteroatoms. The normalized spacial score (nSPS) is 10.2. The van der Waals surface area contributed by atoms with Gasteiger partial charge in [-0.25, -0.2) is 4.79 Å². The molecule has 160 valence electrons. The Balaban J connectivity index is 1.60. The Hall–Kier alpha value is -3.06. The topological polar surface area (TPSA) is 90.5 Å². The van der Waals surface area contributed by atoms with E-state index in [4.69, 9.17) is 11.6 Å². The monoisotopic (exact) mass is 430 g/mol. The lowest BCUT2D eigenvalue weighted by Crippen LogP contribution is -2.39. The van der Waals surface area contributed by atoms with Crippen LogP contribution in [0.15, 0.2) is 48.5 Å². The Morgan fingerprint density at radius 3 is 2.30 bits per heavy atom. The summed E-state index contributed by atoms with van der Waals surface area (Å²) < 4.78 is 0. The van der Waals surface area contributed by atoms with E-state index in [2.05, 4.69) is 16.0 Å². The quantitative estimate of drug-likeness (QED) is 0.570. The summed E-state index contributed by atoms with van der Waals surface area (Å²) >= 11 is 6.08. The molecule has 0 aliphatic rings. The van der Waals surface area contributed by atoms with Gasteiger partial charge in [-0.05, 0) is 30.2 Å². The van der Waals surface area contributed by atoms with Gasteiger partial charge in [-0.1, -0.05) is 48.0 Å². The zero-order valence-electron chi connectivity index (χ0n) is 17.2. The minimum absolute atomic E-state index is 0.0616. The van der Waals surface area contributed by atoms with Gasteiger partial charge in [-0.15, -0.1) is 0 Å². The summed E-state index contributed by atoms with van der Waals surface area (Å²) in [5, 5.41) is 8.40. The van der Waals surface area contributed by atoms with Crippen molar-refractivity contribution < 1.29 is 14.4 Å². The van der Waals surface area contributed by atoms with Crippen LogP contribution >= 0.6 is 11.6 Å². The third kappa shape index (κ3) is 8.13. The number of anilines is 1. The molecule has 0 heterocycles. The van der Waals surface area contributed by atoms with Crippen molar-refractivity contribution in [3.05, 3.63) is 64.7 Å². The molecule has 7 nitrogen and oxygen atoms in total. The van der Waals surface area contributed by atoms with Crippen LogP contribution < -0.4 is 16.0 Å². The maximum Gasteiger partial charge on any atom is 0.314 e. The zero-order chi connectivity index (χ0) is 21.9. The van der Waals surface area contributed by atoms with Crippen molar-refractivity contribution in [2.75, 3.05) is 25.5 Å². The van der Waals surface area contributed by atoms with E-state index in [1.807, 2.05) is 43.3 Å².